The van der Waals surface area contributed by atoms with E-state index in [1.165, 1.54) is 0 Å². The van der Waals surface area contributed by atoms with E-state index in [1.807, 2.05) is 43.9 Å². The highest BCUT2D eigenvalue weighted by atomic mass is 16.2. The molecule has 1 aromatic carbocycles. The van der Waals surface area contributed by atoms with Gasteiger partial charge in [-0.25, -0.2) is 0 Å². The number of rotatable bonds is 8. The van der Waals surface area contributed by atoms with Crippen LogP contribution >= 0.6 is 0 Å². The largest absolute Gasteiger partial charge is 0.322 e. The van der Waals surface area contributed by atoms with Crippen LogP contribution in [0.4, 0.5) is 0 Å². The van der Waals surface area contributed by atoms with Gasteiger partial charge in [-0.3, -0.25) is 10.1 Å². The van der Waals surface area contributed by atoms with E-state index in [4.69, 9.17) is 5.73 Å². The van der Waals surface area contributed by atoms with Crippen LogP contribution in [0.5, 0.6) is 0 Å². The molecule has 0 aliphatic carbocycles. The van der Waals surface area contributed by atoms with Gasteiger partial charge in [0.05, 0.1) is 6.04 Å². The van der Waals surface area contributed by atoms with Crippen LogP contribution in [-0.4, -0.2) is 29.9 Å². The van der Waals surface area contributed by atoms with Crippen molar-refractivity contribution in [2.45, 2.75) is 60.2 Å². The molecule has 0 spiro atoms. The van der Waals surface area contributed by atoms with Crippen LogP contribution in [0.3, 0.4) is 0 Å². The smallest absolute Gasteiger partial charge is 0.241 e. The van der Waals surface area contributed by atoms with Gasteiger partial charge in [0.2, 0.25) is 5.91 Å². The number of hydrogen-bond donors (Lipinski definition) is 2. The Hall–Kier alpha value is -1.39. The van der Waals surface area contributed by atoms with Gasteiger partial charge in [0.25, 0.3) is 0 Å². The van der Waals surface area contributed by atoms with Crippen molar-refractivity contribution in [3.63, 3.8) is 0 Å². The first-order valence-corrected chi connectivity index (χ1v) is 9.02. The summed E-state index contributed by atoms with van der Waals surface area (Å²) in [4.78, 5) is 15.0. The Morgan fingerprint density at radius 2 is 1.79 bits per heavy atom. The fourth-order valence-electron chi connectivity index (χ4n) is 2.55. The Bertz CT molecular complexity index is 493. The number of nitrogens with one attached hydrogen (secondary N) is 1. The topological polar surface area (TPSA) is 58.4 Å². The van der Waals surface area contributed by atoms with Crippen molar-refractivity contribution < 1.29 is 4.79 Å². The first-order chi connectivity index (χ1) is 11.2. The third-order valence-corrected chi connectivity index (χ3v) is 4.09. The maximum absolute atomic E-state index is 13.1. The van der Waals surface area contributed by atoms with E-state index in [0.29, 0.717) is 12.5 Å². The van der Waals surface area contributed by atoms with Crippen LogP contribution in [0.1, 0.15) is 59.7 Å². The molecular formula is C20H35N3O. The van der Waals surface area contributed by atoms with Crippen molar-refractivity contribution in [1.82, 2.24) is 10.2 Å². The molecule has 24 heavy (non-hydrogen) atoms. The summed E-state index contributed by atoms with van der Waals surface area (Å²) in [6.45, 7) is 14.0. The highest BCUT2D eigenvalue weighted by molar-refractivity contribution is 5.82. The van der Waals surface area contributed by atoms with Crippen LogP contribution in [-0.2, 0) is 4.79 Å². The van der Waals surface area contributed by atoms with Crippen molar-refractivity contribution >= 4 is 5.91 Å². The molecule has 1 amide bonds. The molecule has 0 aliphatic heterocycles. The van der Waals surface area contributed by atoms with Gasteiger partial charge >= 0.3 is 0 Å². The van der Waals surface area contributed by atoms with E-state index in [0.717, 1.165) is 18.5 Å². The minimum absolute atomic E-state index is 0.00876. The zero-order valence-corrected chi connectivity index (χ0v) is 16.2. The lowest BCUT2D eigenvalue weighted by Crippen LogP contribution is -2.54. The van der Waals surface area contributed by atoms with E-state index in [1.54, 1.807) is 0 Å². The Morgan fingerprint density at radius 1 is 1.21 bits per heavy atom. The van der Waals surface area contributed by atoms with Crippen molar-refractivity contribution in [2.24, 2.45) is 17.1 Å². The lowest BCUT2D eigenvalue weighted by atomic mass is 9.86. The molecule has 0 heterocycles. The fourth-order valence-corrected chi connectivity index (χ4v) is 2.55. The second kappa shape index (κ2) is 9.19. The van der Waals surface area contributed by atoms with Crippen molar-refractivity contribution in [2.75, 3.05) is 13.1 Å². The van der Waals surface area contributed by atoms with Crippen LogP contribution in [0.15, 0.2) is 30.3 Å². The van der Waals surface area contributed by atoms with Gasteiger partial charge in [-0.1, -0.05) is 71.9 Å². The van der Waals surface area contributed by atoms with Crippen LogP contribution in [0, 0.1) is 11.3 Å². The second-order valence-electron chi connectivity index (χ2n) is 7.99. The number of amides is 1. The first kappa shape index (κ1) is 20.7. The summed E-state index contributed by atoms with van der Waals surface area (Å²) in [6, 6.07) is 9.63. The molecule has 136 valence electrons. The highest BCUT2D eigenvalue weighted by Gasteiger charge is 2.34. The maximum atomic E-state index is 13.1. The first-order valence-electron chi connectivity index (χ1n) is 9.02. The standard InChI is InChI=1S/C20H35N3O/c1-7-13-23(19(24)17(21)20(4,5)6)18(22-14-15(2)3)16-11-9-8-10-12-16/h8-12,15,17-18,22H,7,13-14,21H2,1-6H3/t17-,18+/m1/s1. The molecule has 1 rings (SSSR count). The van der Waals surface area contributed by atoms with Crippen molar-refractivity contribution in [1.29, 1.82) is 0 Å². The Balaban J connectivity index is 3.14. The molecule has 0 unspecified atom stereocenters. The van der Waals surface area contributed by atoms with Crippen LogP contribution in [0.2, 0.25) is 0 Å². The van der Waals surface area contributed by atoms with E-state index in [9.17, 15) is 4.79 Å². The fraction of sp³-hybridized carbons (Fsp3) is 0.650. The summed E-state index contributed by atoms with van der Waals surface area (Å²) in [5, 5.41) is 3.56. The molecule has 0 fully saturated rings. The van der Waals surface area contributed by atoms with Gasteiger partial charge in [0.1, 0.15) is 6.17 Å². The summed E-state index contributed by atoms with van der Waals surface area (Å²) in [5.41, 5.74) is 7.11. The number of hydrogen-bond acceptors (Lipinski definition) is 3. The number of nitrogens with zero attached hydrogens (tertiary/aromatic N) is 1. The predicted molar refractivity (Wildman–Crippen MR) is 101 cm³/mol. The molecule has 0 aliphatic rings. The molecule has 4 nitrogen and oxygen atoms in total. The SMILES string of the molecule is CCCN(C(=O)[C@@H](N)C(C)(C)C)[C@H](NCC(C)C)c1ccccc1. The van der Waals surface area contributed by atoms with Crippen molar-refractivity contribution in [3.05, 3.63) is 35.9 Å². The molecule has 1 aromatic rings. The molecule has 2 atom stereocenters. The molecule has 0 saturated carbocycles. The quantitative estimate of drug-likeness (QED) is 0.715. The summed E-state index contributed by atoms with van der Waals surface area (Å²) in [5.74, 6) is 0.514. The highest BCUT2D eigenvalue weighted by Crippen LogP contribution is 2.24. The minimum atomic E-state index is -0.517. The van der Waals surface area contributed by atoms with Crippen LogP contribution in [0.25, 0.3) is 0 Å². The molecule has 3 N–H and O–H groups in total. The molecule has 0 saturated heterocycles. The zero-order chi connectivity index (χ0) is 18.3. The molecule has 0 aromatic heterocycles. The summed E-state index contributed by atoms with van der Waals surface area (Å²) in [6.07, 6.45) is 0.754. The molecule has 0 bridgehead atoms. The van der Waals surface area contributed by atoms with E-state index in [-0.39, 0.29) is 17.5 Å². The van der Waals surface area contributed by atoms with Crippen LogP contribution < -0.4 is 11.1 Å². The van der Waals surface area contributed by atoms with E-state index in [2.05, 4.69) is 38.2 Å². The normalized spacial score (nSPS) is 14.5. The minimum Gasteiger partial charge on any atom is -0.322 e. The molecule has 4 heteroatoms. The van der Waals surface area contributed by atoms with Gasteiger partial charge in [-0.2, -0.15) is 0 Å². The zero-order valence-electron chi connectivity index (χ0n) is 16.2. The average molecular weight is 334 g/mol. The van der Waals surface area contributed by atoms with Crippen molar-refractivity contribution in [3.8, 4) is 0 Å². The lowest BCUT2D eigenvalue weighted by molar-refractivity contribution is -0.138. The van der Waals surface area contributed by atoms with Gasteiger partial charge in [-0.15, -0.1) is 0 Å². The van der Waals surface area contributed by atoms with E-state index < -0.39 is 6.04 Å². The summed E-state index contributed by atoms with van der Waals surface area (Å²) >= 11 is 0. The number of benzene rings is 1. The predicted octanol–water partition coefficient (Wildman–Crippen LogP) is 3.54. The Kier molecular flexibility index (Phi) is 7.91. The number of nitrogens with two attached hydrogens (primary N) is 1. The van der Waals surface area contributed by atoms with Gasteiger partial charge in [-0.05, 0) is 29.9 Å². The maximum Gasteiger partial charge on any atom is 0.241 e. The lowest BCUT2D eigenvalue weighted by Gasteiger charge is -2.38. The monoisotopic (exact) mass is 333 g/mol. The molecular weight excluding hydrogens is 298 g/mol. The van der Waals surface area contributed by atoms with Gasteiger partial charge in [0.15, 0.2) is 0 Å². The second-order valence-corrected chi connectivity index (χ2v) is 7.99. The summed E-state index contributed by atoms with van der Waals surface area (Å²) < 4.78 is 0. The summed E-state index contributed by atoms with van der Waals surface area (Å²) in [7, 11) is 0. The third kappa shape index (κ3) is 5.91. The number of carbonyl (C=O) groups is 1. The average Bonchev–Trinajstić information content (AvgIpc) is 2.52. The number of carbonyl (C=O) groups excluding carboxylic acids is 1. The third-order valence-electron chi connectivity index (χ3n) is 4.09. The van der Waals surface area contributed by atoms with E-state index >= 15 is 0 Å². The Labute approximate surface area is 147 Å². The van der Waals surface area contributed by atoms with Gasteiger partial charge in [0, 0.05) is 6.54 Å². The van der Waals surface area contributed by atoms with Gasteiger partial charge < -0.3 is 10.6 Å². The Morgan fingerprint density at radius 3 is 2.25 bits per heavy atom. The molecule has 0 radical (unpaired) electrons.